The van der Waals surface area contributed by atoms with Crippen molar-refractivity contribution in [3.05, 3.63) is 20.5 Å². The molecule has 0 spiro atoms. The summed E-state index contributed by atoms with van der Waals surface area (Å²) in [5.74, 6) is 0.895. The Kier molecular flexibility index (Phi) is 9.41. The normalized spacial score (nSPS) is 15.8. The molecule has 4 heterocycles. The highest BCUT2D eigenvalue weighted by Crippen LogP contribution is 2.43. The lowest BCUT2D eigenvalue weighted by molar-refractivity contribution is 0.0592. The fourth-order valence-corrected chi connectivity index (χ4v) is 4.34. The molecule has 0 radical (unpaired) electrons. The Morgan fingerprint density at radius 2 is 1.09 bits per heavy atom. The van der Waals surface area contributed by atoms with Gasteiger partial charge in [-0.2, -0.15) is 0 Å². The van der Waals surface area contributed by atoms with Gasteiger partial charge in [0.25, 0.3) is 0 Å². The molecule has 0 unspecified atom stereocenters. The van der Waals surface area contributed by atoms with Crippen molar-refractivity contribution in [2.24, 2.45) is 0 Å². The van der Waals surface area contributed by atoms with Crippen LogP contribution in [0.1, 0.15) is 19.3 Å². The summed E-state index contributed by atoms with van der Waals surface area (Å²) in [5.41, 5.74) is 0. The number of hydrogen-bond acceptors (Lipinski definition) is 12. The molecule has 2 aliphatic rings. The lowest BCUT2D eigenvalue weighted by Gasteiger charge is -2.08. The standard InChI is InChI=1S/C12H14O7S.C8H10O3S/c1-15-11(13)9-7-8(10(20-9)12(14)16-2)19-6-4-17-3-5-18-7;1-3-10-7-5-12-6-8(7)11-4-2-9-1/h3-6H2,1-2H3;5-6H,1-4H2. The average molecular weight is 489 g/mol. The molecule has 4 rings (SSSR count). The minimum atomic E-state index is -0.592. The molecule has 32 heavy (non-hydrogen) atoms. The number of methoxy groups -OCH3 is 2. The Morgan fingerprint density at radius 3 is 1.50 bits per heavy atom. The van der Waals surface area contributed by atoms with E-state index in [9.17, 15) is 9.59 Å². The minimum absolute atomic E-state index is 0.171. The summed E-state index contributed by atoms with van der Waals surface area (Å²) >= 11 is 2.52. The quantitative estimate of drug-likeness (QED) is 0.586. The molecule has 2 aromatic heterocycles. The van der Waals surface area contributed by atoms with Crippen molar-refractivity contribution in [1.29, 1.82) is 0 Å². The van der Waals surface area contributed by atoms with E-state index in [4.69, 9.17) is 28.4 Å². The van der Waals surface area contributed by atoms with Crippen molar-refractivity contribution in [2.75, 3.05) is 67.1 Å². The van der Waals surface area contributed by atoms with E-state index in [2.05, 4.69) is 9.47 Å². The predicted molar refractivity (Wildman–Crippen MR) is 115 cm³/mol. The second kappa shape index (κ2) is 12.5. The van der Waals surface area contributed by atoms with Crippen molar-refractivity contribution >= 4 is 34.6 Å². The van der Waals surface area contributed by atoms with E-state index in [1.807, 2.05) is 10.8 Å². The zero-order valence-corrected chi connectivity index (χ0v) is 19.3. The molecular weight excluding hydrogens is 464 g/mol. The van der Waals surface area contributed by atoms with Gasteiger partial charge in [0.05, 0.1) is 40.6 Å². The van der Waals surface area contributed by atoms with Gasteiger partial charge in [-0.25, -0.2) is 9.59 Å². The van der Waals surface area contributed by atoms with Gasteiger partial charge in [0.15, 0.2) is 32.8 Å². The van der Waals surface area contributed by atoms with Gasteiger partial charge in [0, 0.05) is 10.8 Å². The third kappa shape index (κ3) is 6.25. The van der Waals surface area contributed by atoms with E-state index in [0.29, 0.717) is 39.6 Å². The molecule has 176 valence electrons. The summed E-state index contributed by atoms with van der Waals surface area (Å²) in [7, 11) is 2.51. The number of thiophene rings is 2. The van der Waals surface area contributed by atoms with Crippen LogP contribution >= 0.6 is 22.7 Å². The van der Waals surface area contributed by atoms with Crippen LogP contribution in [0.4, 0.5) is 0 Å². The summed E-state index contributed by atoms with van der Waals surface area (Å²) in [4.78, 5) is 23.9. The van der Waals surface area contributed by atoms with Gasteiger partial charge in [0.1, 0.15) is 26.4 Å². The molecule has 2 aromatic rings. The number of rotatable bonds is 2. The second-order valence-electron chi connectivity index (χ2n) is 6.12. The van der Waals surface area contributed by atoms with Crippen molar-refractivity contribution < 1.29 is 47.5 Å². The van der Waals surface area contributed by atoms with Gasteiger partial charge < -0.3 is 37.9 Å². The van der Waals surface area contributed by atoms with Crippen LogP contribution in [-0.4, -0.2) is 79.0 Å². The van der Waals surface area contributed by atoms with Crippen LogP contribution in [-0.2, 0) is 18.9 Å². The zero-order valence-electron chi connectivity index (χ0n) is 17.7. The maximum atomic E-state index is 11.8. The lowest BCUT2D eigenvalue weighted by Crippen LogP contribution is -2.10. The van der Waals surface area contributed by atoms with Crippen LogP contribution in [0.15, 0.2) is 10.8 Å². The Morgan fingerprint density at radius 1 is 0.688 bits per heavy atom. The average Bonchev–Trinajstić information content (AvgIpc) is 3.44. The number of carbonyl (C=O) groups excluding carboxylic acids is 2. The molecule has 2 aliphatic heterocycles. The Labute approximate surface area is 192 Å². The number of hydrogen-bond donors (Lipinski definition) is 0. The number of fused-ring (bicyclic) bond motifs is 2. The maximum absolute atomic E-state index is 11.8. The largest absolute Gasteiger partial charge is 0.486 e. The van der Waals surface area contributed by atoms with Gasteiger partial charge >= 0.3 is 11.9 Å². The molecule has 0 saturated heterocycles. The molecule has 0 aliphatic carbocycles. The van der Waals surface area contributed by atoms with Crippen LogP contribution in [0.25, 0.3) is 0 Å². The Balaban J connectivity index is 0.000000204. The molecule has 0 N–H and O–H groups in total. The summed E-state index contributed by atoms with van der Waals surface area (Å²) < 4.78 is 41.6. The van der Waals surface area contributed by atoms with Crippen molar-refractivity contribution in [3.8, 4) is 23.0 Å². The molecule has 10 nitrogen and oxygen atoms in total. The van der Waals surface area contributed by atoms with Crippen molar-refractivity contribution in [1.82, 2.24) is 0 Å². The van der Waals surface area contributed by atoms with E-state index in [0.717, 1.165) is 22.8 Å². The Bertz CT molecular complexity index is 826. The molecule has 0 bridgehead atoms. The number of carbonyl (C=O) groups is 2. The van der Waals surface area contributed by atoms with Gasteiger partial charge in [0.2, 0.25) is 0 Å². The molecule has 0 saturated carbocycles. The third-order valence-corrected chi connectivity index (χ3v) is 5.89. The molecule has 0 fully saturated rings. The first-order valence-electron chi connectivity index (χ1n) is 9.72. The van der Waals surface area contributed by atoms with Crippen LogP contribution in [0.2, 0.25) is 0 Å². The van der Waals surface area contributed by atoms with Gasteiger partial charge in [-0.05, 0) is 0 Å². The van der Waals surface area contributed by atoms with Gasteiger partial charge in [-0.1, -0.05) is 0 Å². The molecule has 0 atom stereocenters. The fraction of sp³-hybridized carbons (Fsp3) is 0.500. The van der Waals surface area contributed by atoms with E-state index < -0.39 is 11.9 Å². The van der Waals surface area contributed by atoms with Crippen LogP contribution in [0, 0.1) is 0 Å². The monoisotopic (exact) mass is 488 g/mol. The van der Waals surface area contributed by atoms with E-state index in [1.165, 1.54) is 14.2 Å². The maximum Gasteiger partial charge on any atom is 0.352 e. The first kappa shape index (κ1) is 24.1. The van der Waals surface area contributed by atoms with E-state index in [1.54, 1.807) is 11.3 Å². The fourth-order valence-electron chi connectivity index (χ4n) is 2.63. The summed E-state index contributed by atoms with van der Waals surface area (Å²) in [5, 5.41) is 3.89. The highest BCUT2D eigenvalue weighted by Gasteiger charge is 2.30. The van der Waals surface area contributed by atoms with Gasteiger partial charge in [-0.15, -0.1) is 22.7 Å². The van der Waals surface area contributed by atoms with Crippen LogP contribution in [0.5, 0.6) is 23.0 Å². The number of ether oxygens (including phenoxy) is 8. The minimum Gasteiger partial charge on any atom is -0.486 e. The lowest BCUT2D eigenvalue weighted by atomic mass is 10.3. The first-order chi connectivity index (χ1) is 15.7. The topological polar surface area (TPSA) is 108 Å². The first-order valence-corrected chi connectivity index (χ1v) is 11.5. The zero-order chi connectivity index (χ0) is 22.8. The molecule has 0 aromatic carbocycles. The summed E-state index contributed by atoms with van der Waals surface area (Å²) in [6.07, 6.45) is 0. The SMILES string of the molecule is COC(=O)c1sc(C(=O)OC)c2c1OCCOCCO2.c1scc2c1OCCOCCO2. The third-order valence-electron chi connectivity index (χ3n) is 4.08. The number of esters is 2. The predicted octanol–water partition coefficient (Wildman–Crippen LogP) is 2.65. The summed E-state index contributed by atoms with van der Waals surface area (Å²) in [6, 6.07) is 0. The highest BCUT2D eigenvalue weighted by atomic mass is 32.1. The molecule has 12 heteroatoms. The van der Waals surface area contributed by atoms with Crippen LogP contribution in [0.3, 0.4) is 0 Å². The van der Waals surface area contributed by atoms with Crippen LogP contribution < -0.4 is 18.9 Å². The summed E-state index contributed by atoms with van der Waals surface area (Å²) in [6.45, 7) is 3.71. The van der Waals surface area contributed by atoms with E-state index >= 15 is 0 Å². The second-order valence-corrected chi connectivity index (χ2v) is 7.88. The Hall–Kier alpha value is -2.54. The van der Waals surface area contributed by atoms with Gasteiger partial charge in [-0.3, -0.25) is 0 Å². The molecule has 0 amide bonds. The highest BCUT2D eigenvalue weighted by molar-refractivity contribution is 7.16. The molecular formula is C20H24O10S2. The van der Waals surface area contributed by atoms with E-state index in [-0.39, 0.29) is 34.5 Å². The van der Waals surface area contributed by atoms with Crippen molar-refractivity contribution in [3.63, 3.8) is 0 Å². The van der Waals surface area contributed by atoms with Crippen molar-refractivity contribution in [2.45, 2.75) is 0 Å². The smallest absolute Gasteiger partial charge is 0.352 e.